The SMILES string of the molecule is CN1c2c(c3cc(I)ccc3oc2=O)C2CCC1(C)OC(C)(C)c1ccccc12. The van der Waals surface area contributed by atoms with Crippen LogP contribution in [0.3, 0.4) is 0 Å². The van der Waals surface area contributed by atoms with Crippen LogP contribution in [0.4, 0.5) is 5.69 Å². The number of hydrogen-bond acceptors (Lipinski definition) is 4. The molecule has 2 atom stereocenters. The average molecular weight is 501 g/mol. The number of halogens is 1. The molecule has 0 saturated carbocycles. The first-order chi connectivity index (χ1) is 13.7. The Bertz CT molecular complexity index is 1200. The first-order valence-electron chi connectivity index (χ1n) is 10.0. The molecule has 2 aliphatic heterocycles. The van der Waals surface area contributed by atoms with Gasteiger partial charge < -0.3 is 14.1 Å². The zero-order valence-electron chi connectivity index (χ0n) is 17.1. The Hall–Kier alpha value is -1.86. The van der Waals surface area contributed by atoms with E-state index in [2.05, 4.69) is 73.7 Å². The maximum atomic E-state index is 13.2. The highest BCUT2D eigenvalue weighted by atomic mass is 127. The van der Waals surface area contributed by atoms with Gasteiger partial charge >= 0.3 is 5.63 Å². The minimum absolute atomic E-state index is 0.110. The largest absolute Gasteiger partial charge is 0.421 e. The molecule has 3 heterocycles. The first kappa shape index (κ1) is 19.1. The fraction of sp³-hybridized carbons (Fsp3) is 0.375. The van der Waals surface area contributed by atoms with Crippen molar-refractivity contribution in [1.82, 2.24) is 0 Å². The number of nitrogens with zero attached hydrogens (tertiary/aromatic N) is 1. The highest BCUT2D eigenvalue weighted by Crippen LogP contribution is 2.51. The van der Waals surface area contributed by atoms with E-state index in [0.717, 1.165) is 27.4 Å². The zero-order chi connectivity index (χ0) is 20.6. The summed E-state index contributed by atoms with van der Waals surface area (Å²) in [5, 5.41) is 1.02. The number of fused-ring (bicyclic) bond motifs is 9. The minimum Gasteiger partial charge on any atom is -0.421 e. The van der Waals surface area contributed by atoms with E-state index in [4.69, 9.17) is 9.15 Å². The van der Waals surface area contributed by atoms with Crippen LogP contribution in [0.5, 0.6) is 0 Å². The van der Waals surface area contributed by atoms with Gasteiger partial charge in [-0.3, -0.25) is 0 Å². The molecule has 2 bridgehead atoms. The van der Waals surface area contributed by atoms with Crippen LogP contribution in [0.2, 0.25) is 0 Å². The van der Waals surface area contributed by atoms with E-state index in [1.165, 1.54) is 11.1 Å². The topological polar surface area (TPSA) is 42.7 Å². The number of rotatable bonds is 0. The van der Waals surface area contributed by atoms with E-state index >= 15 is 0 Å². The molecule has 0 spiro atoms. The van der Waals surface area contributed by atoms with Crippen molar-refractivity contribution >= 4 is 39.2 Å². The molecule has 1 aromatic heterocycles. The summed E-state index contributed by atoms with van der Waals surface area (Å²) >= 11 is 2.32. The Morgan fingerprint density at radius 1 is 1.14 bits per heavy atom. The van der Waals surface area contributed by atoms with Crippen LogP contribution in [-0.2, 0) is 10.3 Å². The molecule has 4 nitrogen and oxygen atoms in total. The molecule has 2 aromatic carbocycles. The number of benzene rings is 2. The van der Waals surface area contributed by atoms with E-state index in [-0.39, 0.29) is 11.5 Å². The molecular formula is C24H24INO3. The standard InChI is InChI=1S/C24H24INO3/c1-23(2)18-8-6-5-7-15(18)16-11-12-24(3,29-23)26(4)21-20(16)17-13-14(25)9-10-19(17)28-22(21)27/h5-10,13,16H,11-12H2,1-4H3. The van der Waals surface area contributed by atoms with Gasteiger partial charge in [0.25, 0.3) is 0 Å². The first-order valence-corrected chi connectivity index (χ1v) is 11.1. The van der Waals surface area contributed by atoms with Crippen molar-refractivity contribution in [2.75, 3.05) is 11.9 Å². The molecule has 0 fully saturated rings. The van der Waals surface area contributed by atoms with Crippen molar-refractivity contribution in [1.29, 1.82) is 0 Å². The van der Waals surface area contributed by atoms with Gasteiger partial charge in [-0.2, -0.15) is 0 Å². The summed E-state index contributed by atoms with van der Waals surface area (Å²) in [7, 11) is 1.96. The van der Waals surface area contributed by atoms with Gasteiger partial charge in [-0.15, -0.1) is 0 Å². The van der Waals surface area contributed by atoms with Crippen molar-refractivity contribution in [2.24, 2.45) is 0 Å². The van der Waals surface area contributed by atoms with Crippen molar-refractivity contribution in [3.8, 4) is 0 Å². The highest BCUT2D eigenvalue weighted by molar-refractivity contribution is 14.1. The van der Waals surface area contributed by atoms with Crippen LogP contribution in [0.1, 0.15) is 56.2 Å². The maximum Gasteiger partial charge on any atom is 0.360 e. The Labute approximate surface area is 184 Å². The number of hydrogen-bond donors (Lipinski definition) is 0. The lowest BCUT2D eigenvalue weighted by atomic mass is 9.78. The second-order valence-electron chi connectivity index (χ2n) is 8.82. The van der Waals surface area contributed by atoms with Gasteiger partial charge in [-0.25, -0.2) is 4.79 Å². The third-order valence-electron chi connectivity index (χ3n) is 6.63. The molecule has 0 aliphatic carbocycles. The third-order valence-corrected chi connectivity index (χ3v) is 7.30. The fourth-order valence-corrected chi connectivity index (χ4v) is 5.69. The van der Waals surface area contributed by atoms with Crippen LogP contribution in [0.25, 0.3) is 11.0 Å². The summed E-state index contributed by atoms with van der Waals surface area (Å²) in [6.07, 6.45) is 1.73. The smallest absolute Gasteiger partial charge is 0.360 e. The summed E-state index contributed by atoms with van der Waals surface area (Å²) in [4.78, 5) is 15.2. The van der Waals surface area contributed by atoms with Crippen LogP contribution >= 0.6 is 22.6 Å². The Morgan fingerprint density at radius 2 is 1.90 bits per heavy atom. The predicted molar refractivity (Wildman–Crippen MR) is 124 cm³/mol. The molecule has 0 N–H and O–H groups in total. The highest BCUT2D eigenvalue weighted by Gasteiger charge is 2.47. The molecule has 0 radical (unpaired) electrons. The quantitative estimate of drug-likeness (QED) is 0.291. The summed E-state index contributed by atoms with van der Waals surface area (Å²) in [5.74, 6) is 0.110. The van der Waals surface area contributed by atoms with Crippen LogP contribution < -0.4 is 10.5 Å². The summed E-state index contributed by atoms with van der Waals surface area (Å²) < 4.78 is 13.7. The minimum atomic E-state index is -0.606. The number of ether oxygens (including phenoxy) is 1. The van der Waals surface area contributed by atoms with E-state index in [1.54, 1.807) is 0 Å². The molecule has 2 unspecified atom stereocenters. The summed E-state index contributed by atoms with van der Waals surface area (Å²) in [6.45, 7) is 6.34. The summed E-state index contributed by atoms with van der Waals surface area (Å²) in [6, 6.07) is 14.5. The Morgan fingerprint density at radius 3 is 2.69 bits per heavy atom. The van der Waals surface area contributed by atoms with E-state index < -0.39 is 11.3 Å². The molecule has 2 aliphatic rings. The molecular weight excluding hydrogens is 477 g/mol. The van der Waals surface area contributed by atoms with E-state index in [9.17, 15) is 4.79 Å². The average Bonchev–Trinajstić information content (AvgIpc) is 2.76. The van der Waals surface area contributed by atoms with Gasteiger partial charge in [-0.1, -0.05) is 24.3 Å². The lowest BCUT2D eigenvalue weighted by Crippen LogP contribution is -2.51. The van der Waals surface area contributed by atoms with Crippen LogP contribution in [-0.4, -0.2) is 12.8 Å². The van der Waals surface area contributed by atoms with E-state index in [1.807, 2.05) is 24.1 Å². The van der Waals surface area contributed by atoms with E-state index in [0.29, 0.717) is 11.3 Å². The number of anilines is 1. The normalized spacial score (nSPS) is 25.1. The zero-order valence-corrected chi connectivity index (χ0v) is 19.2. The monoisotopic (exact) mass is 501 g/mol. The van der Waals surface area contributed by atoms with Crippen LogP contribution in [0.15, 0.2) is 51.7 Å². The van der Waals surface area contributed by atoms with Crippen molar-refractivity contribution < 1.29 is 9.15 Å². The molecule has 150 valence electrons. The van der Waals surface area contributed by atoms with Gasteiger partial charge in [0.15, 0.2) is 0 Å². The van der Waals surface area contributed by atoms with Gasteiger partial charge in [0.2, 0.25) is 0 Å². The molecule has 5 rings (SSSR count). The lowest BCUT2D eigenvalue weighted by molar-refractivity contribution is -0.141. The summed E-state index contributed by atoms with van der Waals surface area (Å²) in [5.41, 5.74) is 3.37. The Balaban J connectivity index is 1.97. The van der Waals surface area contributed by atoms with Gasteiger partial charge in [0, 0.05) is 27.5 Å². The molecule has 0 amide bonds. The second-order valence-corrected chi connectivity index (χ2v) is 10.1. The second kappa shape index (κ2) is 6.32. The van der Waals surface area contributed by atoms with Crippen molar-refractivity contribution in [2.45, 2.75) is 50.9 Å². The predicted octanol–water partition coefficient (Wildman–Crippen LogP) is 5.74. The molecule has 0 saturated heterocycles. The van der Waals surface area contributed by atoms with Gasteiger partial charge in [0.05, 0.1) is 5.60 Å². The van der Waals surface area contributed by atoms with Crippen molar-refractivity contribution in [3.05, 3.63) is 73.1 Å². The fourth-order valence-electron chi connectivity index (χ4n) is 5.20. The Kier molecular flexibility index (Phi) is 4.17. The van der Waals surface area contributed by atoms with Crippen molar-refractivity contribution in [3.63, 3.8) is 0 Å². The van der Waals surface area contributed by atoms with Gasteiger partial charge in [-0.05, 0) is 85.5 Å². The molecule has 5 heteroatoms. The lowest BCUT2D eigenvalue weighted by Gasteiger charge is -2.45. The van der Waals surface area contributed by atoms with Gasteiger partial charge in [0.1, 0.15) is 17.0 Å². The molecule has 29 heavy (non-hydrogen) atoms. The third kappa shape index (κ3) is 2.77. The maximum absolute atomic E-state index is 13.2. The van der Waals surface area contributed by atoms with Crippen LogP contribution in [0, 0.1) is 3.57 Å². The molecule has 3 aromatic rings.